The molecule has 0 bridgehead atoms. The molecule has 0 radical (unpaired) electrons. The third-order valence-electron chi connectivity index (χ3n) is 2.96. The van der Waals surface area contributed by atoms with Gasteiger partial charge in [0.05, 0.1) is 0 Å². The first-order valence-electron chi connectivity index (χ1n) is 6.33. The number of rotatable bonds is 4. The molecule has 0 saturated carbocycles. The molecule has 0 saturated heterocycles. The summed E-state index contributed by atoms with van der Waals surface area (Å²) in [6, 6.07) is 10.8. The molecule has 0 aliphatic carbocycles. The van der Waals surface area contributed by atoms with Crippen molar-refractivity contribution in [2.75, 3.05) is 0 Å². The zero-order chi connectivity index (χ0) is 14.7. The molecule has 0 spiro atoms. The maximum Gasteiger partial charge on any atom is 0.166 e. The van der Waals surface area contributed by atoms with Crippen LogP contribution in [0.15, 0.2) is 40.9 Å². The number of hydrogen-bond donors (Lipinski definition) is 0. The van der Waals surface area contributed by atoms with E-state index < -0.39 is 0 Å². The predicted octanol–water partition coefficient (Wildman–Crippen LogP) is 6.40. The standard InChI is InChI=1S/C16H15Br2FO/c1-10(2)13-8-12(18)4-6-15(13)20-16-5-3-11(9-17)7-14(16)19/h3-8,10H,9H2,1-2H3. The summed E-state index contributed by atoms with van der Waals surface area (Å²) in [5, 5.41) is 0.625. The maximum absolute atomic E-state index is 14.0. The van der Waals surface area contributed by atoms with E-state index in [9.17, 15) is 4.39 Å². The summed E-state index contributed by atoms with van der Waals surface area (Å²) in [6.07, 6.45) is 0. The van der Waals surface area contributed by atoms with Crippen molar-refractivity contribution in [2.45, 2.75) is 25.1 Å². The Labute approximate surface area is 135 Å². The Kier molecular flexibility index (Phi) is 5.22. The van der Waals surface area contributed by atoms with Gasteiger partial charge in [0.15, 0.2) is 11.6 Å². The van der Waals surface area contributed by atoms with Gasteiger partial charge in [0.2, 0.25) is 0 Å². The smallest absolute Gasteiger partial charge is 0.166 e. The third kappa shape index (κ3) is 3.61. The van der Waals surface area contributed by atoms with Crippen molar-refractivity contribution in [2.24, 2.45) is 0 Å². The Morgan fingerprint density at radius 3 is 2.40 bits per heavy atom. The van der Waals surface area contributed by atoms with Gasteiger partial charge >= 0.3 is 0 Å². The van der Waals surface area contributed by atoms with Gasteiger partial charge in [-0.2, -0.15) is 0 Å². The second-order valence-corrected chi connectivity index (χ2v) is 6.31. The van der Waals surface area contributed by atoms with Crippen molar-refractivity contribution in [3.8, 4) is 11.5 Å². The lowest BCUT2D eigenvalue weighted by molar-refractivity contribution is 0.435. The van der Waals surface area contributed by atoms with Crippen molar-refractivity contribution in [3.05, 3.63) is 57.8 Å². The Bertz CT molecular complexity index is 611. The minimum absolute atomic E-state index is 0.249. The summed E-state index contributed by atoms with van der Waals surface area (Å²) in [7, 11) is 0. The van der Waals surface area contributed by atoms with E-state index >= 15 is 0 Å². The summed E-state index contributed by atoms with van der Waals surface area (Å²) in [6.45, 7) is 4.16. The minimum Gasteiger partial charge on any atom is -0.454 e. The molecular formula is C16H15Br2FO. The van der Waals surface area contributed by atoms with E-state index in [2.05, 4.69) is 45.7 Å². The van der Waals surface area contributed by atoms with Gasteiger partial charge in [0, 0.05) is 9.80 Å². The molecular weight excluding hydrogens is 387 g/mol. The van der Waals surface area contributed by atoms with E-state index in [0.29, 0.717) is 17.0 Å². The van der Waals surface area contributed by atoms with Crippen molar-refractivity contribution in [1.82, 2.24) is 0 Å². The largest absolute Gasteiger partial charge is 0.454 e. The highest BCUT2D eigenvalue weighted by atomic mass is 79.9. The fourth-order valence-electron chi connectivity index (χ4n) is 1.89. The average molecular weight is 402 g/mol. The Morgan fingerprint density at radius 1 is 1.10 bits per heavy atom. The number of hydrogen-bond acceptors (Lipinski definition) is 1. The van der Waals surface area contributed by atoms with Crippen molar-refractivity contribution < 1.29 is 9.13 Å². The molecule has 0 unspecified atom stereocenters. The SMILES string of the molecule is CC(C)c1cc(Br)ccc1Oc1ccc(CBr)cc1F. The lowest BCUT2D eigenvalue weighted by Crippen LogP contribution is -1.96. The van der Waals surface area contributed by atoms with E-state index in [0.717, 1.165) is 15.6 Å². The first-order valence-corrected chi connectivity index (χ1v) is 8.24. The van der Waals surface area contributed by atoms with Gasteiger partial charge in [-0.05, 0) is 47.4 Å². The molecule has 20 heavy (non-hydrogen) atoms. The molecule has 2 aromatic carbocycles. The van der Waals surface area contributed by atoms with E-state index in [1.165, 1.54) is 6.07 Å². The summed E-state index contributed by atoms with van der Waals surface area (Å²) in [5.41, 5.74) is 1.93. The average Bonchev–Trinajstić information content (AvgIpc) is 2.42. The summed E-state index contributed by atoms with van der Waals surface area (Å²) < 4.78 is 20.7. The Morgan fingerprint density at radius 2 is 1.80 bits per heavy atom. The van der Waals surface area contributed by atoms with Gasteiger partial charge in [-0.25, -0.2) is 4.39 Å². The fraction of sp³-hybridized carbons (Fsp3) is 0.250. The van der Waals surface area contributed by atoms with Crippen LogP contribution in [0.3, 0.4) is 0 Å². The number of alkyl halides is 1. The molecule has 0 fully saturated rings. The van der Waals surface area contributed by atoms with Crippen LogP contribution in [0.4, 0.5) is 4.39 Å². The lowest BCUT2D eigenvalue weighted by Gasteiger charge is -2.15. The van der Waals surface area contributed by atoms with Crippen LogP contribution < -0.4 is 4.74 Å². The monoisotopic (exact) mass is 400 g/mol. The molecule has 0 aliphatic heterocycles. The van der Waals surface area contributed by atoms with Crippen LogP contribution in [0, 0.1) is 5.82 Å². The van der Waals surface area contributed by atoms with E-state index in [4.69, 9.17) is 4.74 Å². The molecule has 0 amide bonds. The van der Waals surface area contributed by atoms with E-state index in [1.807, 2.05) is 24.3 Å². The maximum atomic E-state index is 14.0. The first-order chi connectivity index (χ1) is 9.51. The minimum atomic E-state index is -0.348. The molecule has 0 aliphatic rings. The highest BCUT2D eigenvalue weighted by Crippen LogP contribution is 2.34. The fourth-order valence-corrected chi connectivity index (χ4v) is 2.62. The van der Waals surface area contributed by atoms with Crippen LogP contribution in [0.25, 0.3) is 0 Å². The highest BCUT2D eigenvalue weighted by molar-refractivity contribution is 9.10. The van der Waals surface area contributed by atoms with Crippen LogP contribution in [-0.2, 0) is 5.33 Å². The van der Waals surface area contributed by atoms with Gasteiger partial charge in [0.1, 0.15) is 5.75 Å². The second kappa shape index (κ2) is 6.72. The molecule has 0 heterocycles. The highest BCUT2D eigenvalue weighted by Gasteiger charge is 2.12. The molecule has 106 valence electrons. The third-order valence-corrected chi connectivity index (χ3v) is 4.11. The van der Waals surface area contributed by atoms with Gasteiger partial charge < -0.3 is 4.74 Å². The zero-order valence-electron chi connectivity index (χ0n) is 11.3. The van der Waals surface area contributed by atoms with Crippen LogP contribution in [0.1, 0.15) is 30.9 Å². The van der Waals surface area contributed by atoms with Crippen LogP contribution >= 0.6 is 31.9 Å². The molecule has 1 nitrogen and oxygen atoms in total. The molecule has 0 N–H and O–H groups in total. The Balaban J connectivity index is 2.35. The molecule has 0 aromatic heterocycles. The lowest BCUT2D eigenvalue weighted by atomic mass is 10.0. The Hall–Kier alpha value is -0.870. The van der Waals surface area contributed by atoms with Crippen LogP contribution in [-0.4, -0.2) is 0 Å². The number of benzene rings is 2. The molecule has 2 rings (SSSR count). The number of halogens is 3. The van der Waals surface area contributed by atoms with Crippen LogP contribution in [0.5, 0.6) is 11.5 Å². The van der Waals surface area contributed by atoms with E-state index in [-0.39, 0.29) is 11.6 Å². The normalized spacial score (nSPS) is 10.9. The summed E-state index contributed by atoms with van der Waals surface area (Å²) >= 11 is 6.76. The molecule has 2 aromatic rings. The second-order valence-electron chi connectivity index (χ2n) is 4.84. The van der Waals surface area contributed by atoms with Crippen molar-refractivity contribution in [3.63, 3.8) is 0 Å². The zero-order valence-corrected chi connectivity index (χ0v) is 14.5. The van der Waals surface area contributed by atoms with Crippen molar-refractivity contribution in [1.29, 1.82) is 0 Å². The molecule has 4 heteroatoms. The van der Waals surface area contributed by atoms with Crippen LogP contribution in [0.2, 0.25) is 0 Å². The topological polar surface area (TPSA) is 9.23 Å². The summed E-state index contributed by atoms with van der Waals surface area (Å²) in [5.74, 6) is 0.888. The number of ether oxygens (including phenoxy) is 1. The summed E-state index contributed by atoms with van der Waals surface area (Å²) in [4.78, 5) is 0. The van der Waals surface area contributed by atoms with Gasteiger partial charge in [-0.15, -0.1) is 0 Å². The van der Waals surface area contributed by atoms with Crippen molar-refractivity contribution >= 4 is 31.9 Å². The predicted molar refractivity (Wildman–Crippen MR) is 87.3 cm³/mol. The quantitative estimate of drug-likeness (QED) is 0.538. The van der Waals surface area contributed by atoms with Gasteiger partial charge in [-0.1, -0.05) is 51.8 Å². The first kappa shape index (κ1) is 15.5. The van der Waals surface area contributed by atoms with Gasteiger partial charge in [0.25, 0.3) is 0 Å². The van der Waals surface area contributed by atoms with Gasteiger partial charge in [-0.3, -0.25) is 0 Å². The van der Waals surface area contributed by atoms with E-state index in [1.54, 1.807) is 6.07 Å². The molecule has 0 atom stereocenters.